The molecule has 0 fully saturated rings. The number of hydrogen-bond acceptors (Lipinski definition) is 4. The SMILES string of the molecule is O=S1(=O)c2ccccc2N[C@H](c2ccc(OCc3ccc(Cl)cc3)cc2)N1Cc1ccccc1. The Hall–Kier alpha value is -3.32. The first kappa shape index (κ1) is 22.5. The lowest BCUT2D eigenvalue weighted by atomic mass is 10.1. The van der Waals surface area contributed by atoms with Crippen LogP contribution in [0.1, 0.15) is 22.9 Å². The van der Waals surface area contributed by atoms with E-state index in [0.29, 0.717) is 23.1 Å². The van der Waals surface area contributed by atoms with Crippen LogP contribution in [-0.2, 0) is 23.2 Å². The number of benzene rings is 4. The van der Waals surface area contributed by atoms with E-state index in [-0.39, 0.29) is 11.4 Å². The van der Waals surface area contributed by atoms with E-state index in [0.717, 1.165) is 16.7 Å². The topological polar surface area (TPSA) is 58.6 Å². The van der Waals surface area contributed by atoms with Crippen LogP contribution in [-0.4, -0.2) is 12.7 Å². The summed E-state index contributed by atoms with van der Waals surface area (Å²) in [6.07, 6.45) is -0.551. The molecule has 4 aromatic carbocycles. The molecule has 1 aliphatic heterocycles. The fourth-order valence-electron chi connectivity index (χ4n) is 3.98. The Labute approximate surface area is 204 Å². The van der Waals surface area contributed by atoms with Crippen LogP contribution >= 0.6 is 11.6 Å². The molecule has 0 aromatic heterocycles. The van der Waals surface area contributed by atoms with Crippen molar-refractivity contribution < 1.29 is 13.2 Å². The van der Waals surface area contributed by atoms with Gasteiger partial charge in [-0.15, -0.1) is 0 Å². The maximum absolute atomic E-state index is 13.6. The molecule has 0 saturated heterocycles. The minimum Gasteiger partial charge on any atom is -0.489 e. The summed E-state index contributed by atoms with van der Waals surface area (Å²) < 4.78 is 34.6. The Morgan fingerprint density at radius 1 is 0.794 bits per heavy atom. The average molecular weight is 491 g/mol. The molecule has 0 unspecified atom stereocenters. The predicted octanol–water partition coefficient (Wildman–Crippen LogP) is 6.23. The van der Waals surface area contributed by atoms with Crippen molar-refractivity contribution in [2.75, 3.05) is 5.32 Å². The van der Waals surface area contributed by atoms with E-state index in [1.165, 1.54) is 4.31 Å². The molecule has 7 heteroatoms. The second kappa shape index (κ2) is 9.50. The Kier molecular flexibility index (Phi) is 6.28. The summed E-state index contributed by atoms with van der Waals surface area (Å²) >= 11 is 5.94. The molecule has 5 rings (SSSR count). The average Bonchev–Trinajstić information content (AvgIpc) is 2.86. The first-order valence-electron chi connectivity index (χ1n) is 10.9. The van der Waals surface area contributed by atoms with Crippen molar-refractivity contribution >= 4 is 27.3 Å². The first-order valence-corrected chi connectivity index (χ1v) is 12.7. The molecule has 34 heavy (non-hydrogen) atoms. The van der Waals surface area contributed by atoms with Crippen LogP contribution in [0.5, 0.6) is 5.75 Å². The predicted molar refractivity (Wildman–Crippen MR) is 134 cm³/mol. The molecule has 1 N–H and O–H groups in total. The Balaban J connectivity index is 1.42. The standard InChI is InChI=1S/C27H23ClN2O3S/c28-23-14-10-21(11-15-23)19-33-24-16-12-22(13-17-24)27-29-25-8-4-5-9-26(25)34(31,32)30(27)18-20-6-2-1-3-7-20/h1-17,27,29H,18-19H2/t27-/m0/s1. The number of fused-ring (bicyclic) bond motifs is 1. The van der Waals surface area contributed by atoms with Crippen molar-refractivity contribution in [1.82, 2.24) is 4.31 Å². The maximum Gasteiger partial charge on any atom is 0.247 e. The van der Waals surface area contributed by atoms with Gasteiger partial charge in [0.15, 0.2) is 0 Å². The number of nitrogens with one attached hydrogen (secondary N) is 1. The van der Waals surface area contributed by atoms with E-state index in [4.69, 9.17) is 16.3 Å². The summed E-state index contributed by atoms with van der Waals surface area (Å²) in [5.41, 5.74) is 3.35. The van der Waals surface area contributed by atoms with Gasteiger partial charge in [-0.25, -0.2) is 8.42 Å². The second-order valence-electron chi connectivity index (χ2n) is 8.06. The molecule has 172 valence electrons. The van der Waals surface area contributed by atoms with Gasteiger partial charge in [-0.3, -0.25) is 0 Å². The molecule has 1 aliphatic rings. The van der Waals surface area contributed by atoms with E-state index in [1.54, 1.807) is 18.2 Å². The zero-order valence-corrected chi connectivity index (χ0v) is 19.8. The first-order chi connectivity index (χ1) is 16.5. The van der Waals surface area contributed by atoms with E-state index in [1.807, 2.05) is 84.9 Å². The van der Waals surface area contributed by atoms with Crippen molar-refractivity contribution in [1.29, 1.82) is 0 Å². The largest absolute Gasteiger partial charge is 0.489 e. The van der Waals surface area contributed by atoms with Gasteiger partial charge in [0.1, 0.15) is 23.4 Å². The number of anilines is 1. The molecule has 0 bridgehead atoms. The van der Waals surface area contributed by atoms with Crippen LogP contribution in [0, 0.1) is 0 Å². The van der Waals surface area contributed by atoms with Crippen molar-refractivity contribution in [3.63, 3.8) is 0 Å². The fourth-order valence-corrected chi connectivity index (χ4v) is 5.78. The van der Waals surface area contributed by atoms with Crippen LogP contribution in [0.3, 0.4) is 0 Å². The number of sulfonamides is 1. The minimum absolute atomic E-state index is 0.254. The van der Waals surface area contributed by atoms with Crippen molar-refractivity contribution in [2.45, 2.75) is 24.2 Å². The highest BCUT2D eigenvalue weighted by Crippen LogP contribution is 2.39. The highest BCUT2D eigenvalue weighted by Gasteiger charge is 2.38. The summed E-state index contributed by atoms with van der Waals surface area (Å²) in [5.74, 6) is 0.701. The smallest absolute Gasteiger partial charge is 0.247 e. The van der Waals surface area contributed by atoms with E-state index >= 15 is 0 Å². The van der Waals surface area contributed by atoms with Crippen molar-refractivity contribution in [3.8, 4) is 5.75 Å². The van der Waals surface area contributed by atoms with E-state index in [2.05, 4.69) is 5.32 Å². The molecule has 1 atom stereocenters. The number of rotatable bonds is 6. The van der Waals surface area contributed by atoms with E-state index in [9.17, 15) is 8.42 Å². The Morgan fingerprint density at radius 2 is 1.47 bits per heavy atom. The van der Waals surface area contributed by atoms with Crippen LogP contribution in [0.15, 0.2) is 108 Å². The lowest BCUT2D eigenvalue weighted by molar-refractivity contribution is 0.305. The van der Waals surface area contributed by atoms with Crippen LogP contribution < -0.4 is 10.1 Å². The van der Waals surface area contributed by atoms with Gasteiger partial charge in [-0.05, 0) is 53.1 Å². The Bertz CT molecular complexity index is 1380. The molecule has 4 aromatic rings. The molecule has 0 spiro atoms. The number of para-hydroxylation sites is 1. The highest BCUT2D eigenvalue weighted by atomic mass is 35.5. The third-order valence-electron chi connectivity index (χ3n) is 5.75. The number of halogens is 1. The molecule has 1 heterocycles. The van der Waals surface area contributed by atoms with Gasteiger partial charge in [0.05, 0.1) is 5.69 Å². The van der Waals surface area contributed by atoms with Gasteiger partial charge < -0.3 is 10.1 Å². The van der Waals surface area contributed by atoms with Crippen LogP contribution in [0.2, 0.25) is 5.02 Å². The molecule has 0 radical (unpaired) electrons. The molecular formula is C27H23ClN2O3S. The normalized spacial score (nSPS) is 16.9. The van der Waals surface area contributed by atoms with Gasteiger partial charge in [0.2, 0.25) is 10.0 Å². The summed E-state index contributed by atoms with van der Waals surface area (Å²) in [6, 6.07) is 31.6. The fraction of sp³-hybridized carbons (Fsp3) is 0.111. The van der Waals surface area contributed by atoms with Gasteiger partial charge in [-0.2, -0.15) is 4.31 Å². The van der Waals surface area contributed by atoms with Crippen molar-refractivity contribution in [3.05, 3.63) is 125 Å². The van der Waals surface area contributed by atoms with Gasteiger partial charge in [-0.1, -0.05) is 78.3 Å². The van der Waals surface area contributed by atoms with E-state index < -0.39 is 16.2 Å². The summed E-state index contributed by atoms with van der Waals surface area (Å²) in [7, 11) is -3.71. The van der Waals surface area contributed by atoms with Crippen LogP contribution in [0.25, 0.3) is 0 Å². The third-order valence-corrected chi connectivity index (χ3v) is 7.87. The third kappa shape index (κ3) is 4.66. The number of nitrogens with zero attached hydrogens (tertiary/aromatic N) is 1. The summed E-state index contributed by atoms with van der Waals surface area (Å²) in [4.78, 5) is 0.282. The molecule has 5 nitrogen and oxygen atoms in total. The lowest BCUT2D eigenvalue weighted by Crippen LogP contribution is -2.42. The minimum atomic E-state index is -3.71. The monoisotopic (exact) mass is 490 g/mol. The Morgan fingerprint density at radius 3 is 2.21 bits per heavy atom. The zero-order chi connectivity index (χ0) is 23.5. The van der Waals surface area contributed by atoms with Crippen molar-refractivity contribution in [2.24, 2.45) is 0 Å². The maximum atomic E-state index is 13.6. The highest BCUT2D eigenvalue weighted by molar-refractivity contribution is 7.89. The number of ether oxygens (including phenoxy) is 1. The van der Waals surface area contributed by atoms with Gasteiger partial charge in [0.25, 0.3) is 0 Å². The summed E-state index contributed by atoms with van der Waals surface area (Å²) in [6.45, 7) is 0.671. The number of hydrogen-bond donors (Lipinski definition) is 1. The van der Waals surface area contributed by atoms with Crippen LogP contribution in [0.4, 0.5) is 5.69 Å². The molecule has 0 saturated carbocycles. The molecule has 0 amide bonds. The van der Waals surface area contributed by atoms with Gasteiger partial charge in [0, 0.05) is 11.6 Å². The summed E-state index contributed by atoms with van der Waals surface area (Å²) in [5, 5.41) is 4.10. The van der Waals surface area contributed by atoms with Gasteiger partial charge >= 0.3 is 0 Å². The quantitative estimate of drug-likeness (QED) is 0.348. The zero-order valence-electron chi connectivity index (χ0n) is 18.3. The second-order valence-corrected chi connectivity index (χ2v) is 10.4. The molecule has 0 aliphatic carbocycles. The molecular weight excluding hydrogens is 468 g/mol. The lowest BCUT2D eigenvalue weighted by Gasteiger charge is -2.37.